The average Bonchev–Trinajstić information content (AvgIpc) is 3.13. The van der Waals surface area contributed by atoms with E-state index in [1.807, 2.05) is 38.2 Å². The van der Waals surface area contributed by atoms with Crippen molar-refractivity contribution < 1.29 is 9.47 Å². The van der Waals surface area contributed by atoms with Crippen molar-refractivity contribution in [2.24, 2.45) is 4.99 Å². The number of nitrogens with zero attached hydrogens (tertiary/aromatic N) is 3. The van der Waals surface area contributed by atoms with Crippen LogP contribution >= 0.6 is 11.3 Å². The Hall–Kier alpha value is -2.12. The molecule has 1 N–H and O–H groups in total. The minimum Gasteiger partial charge on any atom is -0.496 e. The monoisotopic (exact) mass is 376 g/mol. The maximum Gasteiger partial charge on any atom is 0.194 e. The largest absolute Gasteiger partial charge is 0.496 e. The molecule has 26 heavy (non-hydrogen) atoms. The van der Waals surface area contributed by atoms with Crippen LogP contribution in [0, 0.1) is 0 Å². The van der Waals surface area contributed by atoms with Gasteiger partial charge in [0.2, 0.25) is 0 Å². The zero-order valence-corrected chi connectivity index (χ0v) is 17.0. The van der Waals surface area contributed by atoms with Crippen molar-refractivity contribution >= 4 is 17.3 Å². The molecule has 1 unspecified atom stereocenters. The molecule has 142 valence electrons. The number of guanidine groups is 1. The van der Waals surface area contributed by atoms with Gasteiger partial charge in [0.1, 0.15) is 16.9 Å². The third kappa shape index (κ3) is 5.44. The molecule has 0 spiro atoms. The number of nitrogens with one attached hydrogen (secondary N) is 1. The van der Waals surface area contributed by atoms with Gasteiger partial charge in [0.15, 0.2) is 5.96 Å². The Labute approximate surface area is 159 Å². The van der Waals surface area contributed by atoms with Gasteiger partial charge in [0.05, 0.1) is 25.9 Å². The van der Waals surface area contributed by atoms with E-state index in [4.69, 9.17) is 14.5 Å². The van der Waals surface area contributed by atoms with Crippen LogP contribution in [0.5, 0.6) is 5.75 Å². The molecule has 0 aliphatic rings. The van der Waals surface area contributed by atoms with E-state index < -0.39 is 0 Å². The highest BCUT2D eigenvalue weighted by Gasteiger charge is 2.13. The van der Waals surface area contributed by atoms with Crippen molar-refractivity contribution in [3.63, 3.8) is 0 Å². The molecule has 0 radical (unpaired) electrons. The number of methoxy groups -OCH3 is 2. The number of aromatic nitrogens is 1. The van der Waals surface area contributed by atoms with Gasteiger partial charge in [-0.2, -0.15) is 0 Å². The number of ether oxygens (including phenoxy) is 2. The minimum atomic E-state index is 0.0199. The van der Waals surface area contributed by atoms with Crippen LogP contribution in [0.2, 0.25) is 0 Å². The highest BCUT2D eigenvalue weighted by Crippen LogP contribution is 2.21. The fourth-order valence-corrected chi connectivity index (χ4v) is 3.31. The van der Waals surface area contributed by atoms with Crippen LogP contribution in [0.25, 0.3) is 0 Å². The van der Waals surface area contributed by atoms with Gasteiger partial charge in [-0.05, 0) is 19.9 Å². The molecule has 0 saturated heterocycles. The number of rotatable bonds is 8. The summed E-state index contributed by atoms with van der Waals surface area (Å²) in [6.07, 6.45) is 0.0199. The van der Waals surface area contributed by atoms with Crippen molar-refractivity contribution in [3.05, 3.63) is 45.9 Å². The summed E-state index contributed by atoms with van der Waals surface area (Å²) in [5.41, 5.74) is 2.07. The van der Waals surface area contributed by atoms with Gasteiger partial charge in [0.25, 0.3) is 0 Å². The topological polar surface area (TPSA) is 59.0 Å². The van der Waals surface area contributed by atoms with Crippen LogP contribution in [0.3, 0.4) is 0 Å². The smallest absolute Gasteiger partial charge is 0.194 e. The standard InChI is InChI=1S/C19H28N4O2S/c1-6-20-19(21-11-15-9-7-8-10-17(15)25-5)23(3)12-16-13-26-18(22-16)14(2)24-4/h7-10,13-14H,6,11-12H2,1-5H3,(H,20,21). The number of aliphatic imine (C=N–C) groups is 1. The lowest BCUT2D eigenvalue weighted by Crippen LogP contribution is -2.38. The first-order valence-electron chi connectivity index (χ1n) is 8.67. The van der Waals surface area contributed by atoms with Crippen LogP contribution in [0.1, 0.15) is 36.2 Å². The molecular formula is C19H28N4O2S. The Morgan fingerprint density at radius 2 is 2.12 bits per heavy atom. The summed E-state index contributed by atoms with van der Waals surface area (Å²) in [6.45, 7) is 6.11. The van der Waals surface area contributed by atoms with Crippen LogP contribution in [-0.4, -0.2) is 43.7 Å². The highest BCUT2D eigenvalue weighted by atomic mass is 32.1. The highest BCUT2D eigenvalue weighted by molar-refractivity contribution is 7.09. The molecule has 1 heterocycles. The Balaban J connectivity index is 2.08. The Morgan fingerprint density at radius 1 is 1.35 bits per heavy atom. The third-order valence-corrected chi connectivity index (χ3v) is 5.01. The van der Waals surface area contributed by atoms with Gasteiger partial charge in [0, 0.05) is 31.6 Å². The van der Waals surface area contributed by atoms with Gasteiger partial charge < -0.3 is 19.7 Å². The van der Waals surface area contributed by atoms with Crippen molar-refractivity contribution in [1.82, 2.24) is 15.2 Å². The predicted octanol–water partition coefficient (Wildman–Crippen LogP) is 3.46. The van der Waals surface area contributed by atoms with E-state index in [2.05, 4.69) is 27.5 Å². The van der Waals surface area contributed by atoms with Crippen molar-refractivity contribution in [2.75, 3.05) is 27.8 Å². The number of benzene rings is 1. The summed E-state index contributed by atoms with van der Waals surface area (Å²) in [5.74, 6) is 1.69. The van der Waals surface area contributed by atoms with Gasteiger partial charge in [-0.3, -0.25) is 0 Å². The molecule has 0 fully saturated rings. The van der Waals surface area contributed by atoms with Crippen LogP contribution in [0.4, 0.5) is 0 Å². The number of hydrogen-bond acceptors (Lipinski definition) is 5. The summed E-state index contributed by atoms with van der Waals surface area (Å²) in [7, 11) is 5.40. The van der Waals surface area contributed by atoms with E-state index in [0.29, 0.717) is 13.1 Å². The first-order chi connectivity index (χ1) is 12.6. The van der Waals surface area contributed by atoms with Gasteiger partial charge in [-0.1, -0.05) is 18.2 Å². The minimum absolute atomic E-state index is 0.0199. The molecular weight excluding hydrogens is 348 g/mol. The van der Waals surface area contributed by atoms with E-state index in [-0.39, 0.29) is 6.10 Å². The van der Waals surface area contributed by atoms with Crippen LogP contribution < -0.4 is 10.1 Å². The summed E-state index contributed by atoms with van der Waals surface area (Å²) < 4.78 is 10.7. The fraction of sp³-hybridized carbons (Fsp3) is 0.474. The number of hydrogen-bond donors (Lipinski definition) is 1. The molecule has 0 saturated carbocycles. The number of thiazole rings is 1. The van der Waals surface area contributed by atoms with Gasteiger partial charge >= 0.3 is 0 Å². The molecule has 1 aromatic heterocycles. The summed E-state index contributed by atoms with van der Waals surface area (Å²) >= 11 is 1.62. The molecule has 0 amide bonds. The first kappa shape index (κ1) is 20.2. The molecule has 0 aliphatic carbocycles. The van der Waals surface area contributed by atoms with E-state index in [0.717, 1.165) is 34.5 Å². The summed E-state index contributed by atoms with van der Waals surface area (Å²) in [6, 6.07) is 7.95. The zero-order valence-electron chi connectivity index (χ0n) is 16.2. The lowest BCUT2D eigenvalue weighted by Gasteiger charge is -2.21. The maximum atomic E-state index is 5.41. The quantitative estimate of drug-likeness (QED) is 0.565. The molecule has 0 aliphatic heterocycles. The molecule has 2 rings (SSSR count). The average molecular weight is 377 g/mol. The second-order valence-electron chi connectivity index (χ2n) is 5.89. The Kier molecular flexibility index (Phi) is 7.87. The molecule has 0 bridgehead atoms. The molecule has 2 aromatic rings. The fourth-order valence-electron chi connectivity index (χ4n) is 2.46. The predicted molar refractivity (Wildman–Crippen MR) is 107 cm³/mol. The summed E-state index contributed by atoms with van der Waals surface area (Å²) in [5, 5.41) is 6.40. The van der Waals surface area contributed by atoms with Gasteiger partial charge in [-0.25, -0.2) is 9.98 Å². The second-order valence-corrected chi connectivity index (χ2v) is 6.78. The van der Waals surface area contributed by atoms with E-state index >= 15 is 0 Å². The third-order valence-electron chi connectivity index (χ3n) is 3.96. The molecule has 1 aromatic carbocycles. The van der Waals surface area contributed by atoms with Crippen molar-refractivity contribution in [3.8, 4) is 5.75 Å². The lowest BCUT2D eigenvalue weighted by atomic mass is 10.2. The van der Waals surface area contributed by atoms with Crippen LogP contribution in [0.15, 0.2) is 34.6 Å². The van der Waals surface area contributed by atoms with E-state index in [9.17, 15) is 0 Å². The number of para-hydroxylation sites is 1. The van der Waals surface area contributed by atoms with Crippen molar-refractivity contribution in [2.45, 2.75) is 33.0 Å². The SMILES string of the molecule is CCNC(=NCc1ccccc1OC)N(C)Cc1csc(C(C)OC)n1. The van der Waals surface area contributed by atoms with E-state index in [1.54, 1.807) is 25.6 Å². The lowest BCUT2D eigenvalue weighted by molar-refractivity contribution is 0.119. The summed E-state index contributed by atoms with van der Waals surface area (Å²) in [4.78, 5) is 11.5. The molecule has 6 nitrogen and oxygen atoms in total. The zero-order chi connectivity index (χ0) is 18.9. The Bertz CT molecular complexity index is 717. The van der Waals surface area contributed by atoms with E-state index in [1.165, 1.54) is 0 Å². The van der Waals surface area contributed by atoms with Gasteiger partial charge in [-0.15, -0.1) is 11.3 Å². The van der Waals surface area contributed by atoms with Crippen LogP contribution in [-0.2, 0) is 17.8 Å². The van der Waals surface area contributed by atoms with Crippen molar-refractivity contribution in [1.29, 1.82) is 0 Å². The normalized spacial score (nSPS) is 12.7. The molecule has 1 atom stereocenters. The Morgan fingerprint density at radius 3 is 2.81 bits per heavy atom. The molecule has 7 heteroatoms. The maximum absolute atomic E-state index is 5.41. The second kappa shape index (κ2) is 10.1. The first-order valence-corrected chi connectivity index (χ1v) is 9.55.